The highest BCUT2D eigenvalue weighted by atomic mass is 35.5. The third kappa shape index (κ3) is 6.14. The summed E-state index contributed by atoms with van der Waals surface area (Å²) in [6.07, 6.45) is 3.14. The highest BCUT2D eigenvalue weighted by Gasteiger charge is 2.06. The van der Waals surface area contributed by atoms with Crippen molar-refractivity contribution in [3.05, 3.63) is 70.7 Å². The van der Waals surface area contributed by atoms with Crippen LogP contribution in [0.4, 0.5) is 0 Å². The van der Waals surface area contributed by atoms with Gasteiger partial charge < -0.3 is 9.47 Å². The molecule has 2 aromatic carbocycles. The van der Waals surface area contributed by atoms with Crippen LogP contribution >= 0.6 is 23.2 Å². The third-order valence-electron chi connectivity index (χ3n) is 2.92. The number of nitrogens with zero attached hydrogens (tertiary/aromatic N) is 1. The van der Waals surface area contributed by atoms with Crippen molar-refractivity contribution in [2.75, 3.05) is 13.2 Å². The molecule has 0 aliphatic carbocycles. The average molecular weight is 379 g/mol. The van der Waals surface area contributed by atoms with E-state index in [9.17, 15) is 4.79 Å². The maximum atomic E-state index is 11.8. The summed E-state index contributed by atoms with van der Waals surface area (Å²) in [4.78, 5) is 11.8. The fraction of sp³-hybridized carbons (Fsp3) is 0.111. The van der Waals surface area contributed by atoms with Crippen molar-refractivity contribution in [1.82, 2.24) is 5.43 Å². The molecule has 0 unspecified atom stereocenters. The standard InChI is InChI=1S/C18H16Cl2N2O3/c1-2-9-24-16-6-4-3-5-13(16)11-21-22-18(23)12-25-17-8-7-14(19)10-15(17)20/h2-8,10-11H,1,9,12H2,(H,22,23)/b21-11+. The van der Waals surface area contributed by atoms with Crippen LogP contribution in [0.25, 0.3) is 0 Å². The predicted molar refractivity (Wildman–Crippen MR) is 99.8 cm³/mol. The van der Waals surface area contributed by atoms with Crippen LogP contribution in [0, 0.1) is 0 Å². The molecule has 0 heterocycles. The van der Waals surface area contributed by atoms with Gasteiger partial charge in [-0.3, -0.25) is 4.79 Å². The number of para-hydroxylation sites is 1. The minimum Gasteiger partial charge on any atom is -0.489 e. The van der Waals surface area contributed by atoms with Crippen molar-refractivity contribution in [3.63, 3.8) is 0 Å². The zero-order valence-electron chi connectivity index (χ0n) is 13.2. The van der Waals surface area contributed by atoms with Gasteiger partial charge in [0.05, 0.1) is 11.2 Å². The lowest BCUT2D eigenvalue weighted by Gasteiger charge is -2.07. The van der Waals surface area contributed by atoms with Crippen LogP contribution in [0.1, 0.15) is 5.56 Å². The summed E-state index contributed by atoms with van der Waals surface area (Å²) in [5.41, 5.74) is 3.10. The van der Waals surface area contributed by atoms with Gasteiger partial charge in [-0.15, -0.1) is 0 Å². The van der Waals surface area contributed by atoms with E-state index in [-0.39, 0.29) is 6.61 Å². The molecule has 7 heteroatoms. The van der Waals surface area contributed by atoms with Gasteiger partial charge in [-0.05, 0) is 30.3 Å². The molecule has 0 aromatic heterocycles. The van der Waals surface area contributed by atoms with Crippen molar-refractivity contribution in [3.8, 4) is 11.5 Å². The van der Waals surface area contributed by atoms with Gasteiger partial charge in [-0.25, -0.2) is 5.43 Å². The molecule has 0 saturated heterocycles. The Labute approximate surface area is 155 Å². The number of halogens is 2. The summed E-state index contributed by atoms with van der Waals surface area (Å²) in [6, 6.07) is 12.1. The molecule has 2 rings (SSSR count). The van der Waals surface area contributed by atoms with Crippen LogP contribution in [0.2, 0.25) is 10.0 Å². The fourth-order valence-corrected chi connectivity index (χ4v) is 2.27. The highest BCUT2D eigenvalue weighted by molar-refractivity contribution is 6.35. The molecule has 0 fully saturated rings. The van der Waals surface area contributed by atoms with E-state index >= 15 is 0 Å². The van der Waals surface area contributed by atoms with Gasteiger partial charge in [0.1, 0.15) is 18.1 Å². The molecular formula is C18H16Cl2N2O3. The van der Waals surface area contributed by atoms with Crippen molar-refractivity contribution in [2.24, 2.45) is 5.10 Å². The monoisotopic (exact) mass is 378 g/mol. The normalized spacial score (nSPS) is 10.5. The molecular weight excluding hydrogens is 363 g/mol. The van der Waals surface area contributed by atoms with E-state index in [1.165, 1.54) is 12.3 Å². The second-order valence-electron chi connectivity index (χ2n) is 4.79. The van der Waals surface area contributed by atoms with Gasteiger partial charge in [-0.1, -0.05) is 48.0 Å². The van der Waals surface area contributed by atoms with Gasteiger partial charge in [0.15, 0.2) is 6.61 Å². The SMILES string of the molecule is C=CCOc1ccccc1/C=N/NC(=O)COc1ccc(Cl)cc1Cl. The first-order valence-corrected chi connectivity index (χ1v) is 8.08. The topological polar surface area (TPSA) is 59.9 Å². The minimum absolute atomic E-state index is 0.229. The number of amides is 1. The average Bonchev–Trinajstić information content (AvgIpc) is 2.60. The molecule has 0 bridgehead atoms. The van der Waals surface area contributed by atoms with E-state index in [4.69, 9.17) is 32.7 Å². The first-order chi connectivity index (χ1) is 12.1. The second-order valence-corrected chi connectivity index (χ2v) is 5.64. The summed E-state index contributed by atoms with van der Waals surface area (Å²) in [6.45, 7) is 3.75. The van der Waals surface area contributed by atoms with E-state index in [1.54, 1.807) is 24.3 Å². The van der Waals surface area contributed by atoms with E-state index in [0.29, 0.717) is 28.2 Å². The van der Waals surface area contributed by atoms with Gasteiger partial charge in [0, 0.05) is 10.6 Å². The Kier molecular flexibility index (Phi) is 7.32. The fourth-order valence-electron chi connectivity index (χ4n) is 1.81. The second kappa shape index (κ2) is 9.71. The molecule has 0 atom stereocenters. The quantitative estimate of drug-likeness (QED) is 0.427. The molecule has 25 heavy (non-hydrogen) atoms. The number of carbonyl (C=O) groups excluding carboxylic acids is 1. The molecule has 0 aliphatic heterocycles. The Morgan fingerprint density at radius 1 is 1.16 bits per heavy atom. The zero-order valence-corrected chi connectivity index (χ0v) is 14.8. The number of carbonyl (C=O) groups is 1. The minimum atomic E-state index is -0.424. The largest absolute Gasteiger partial charge is 0.489 e. The van der Waals surface area contributed by atoms with Gasteiger partial charge >= 0.3 is 0 Å². The first-order valence-electron chi connectivity index (χ1n) is 7.32. The summed E-state index contributed by atoms with van der Waals surface area (Å²) in [5, 5.41) is 4.71. The van der Waals surface area contributed by atoms with Crippen LogP contribution in [-0.2, 0) is 4.79 Å². The number of hydrazone groups is 1. The van der Waals surface area contributed by atoms with Crippen molar-refractivity contribution in [2.45, 2.75) is 0 Å². The summed E-state index contributed by atoms with van der Waals surface area (Å²) in [5.74, 6) is 0.588. The smallest absolute Gasteiger partial charge is 0.277 e. The van der Waals surface area contributed by atoms with Crippen LogP contribution in [0.15, 0.2) is 60.2 Å². The Morgan fingerprint density at radius 3 is 2.72 bits per heavy atom. The molecule has 0 aliphatic rings. The maximum Gasteiger partial charge on any atom is 0.277 e. The Bertz CT molecular complexity index is 779. The molecule has 1 N–H and O–H groups in total. The Hall–Kier alpha value is -2.50. The molecule has 2 aromatic rings. The summed E-state index contributed by atoms with van der Waals surface area (Å²) >= 11 is 11.8. The summed E-state index contributed by atoms with van der Waals surface area (Å²) in [7, 11) is 0. The number of hydrogen-bond donors (Lipinski definition) is 1. The van der Waals surface area contributed by atoms with Crippen molar-refractivity contribution in [1.29, 1.82) is 0 Å². The molecule has 1 amide bonds. The van der Waals surface area contributed by atoms with Crippen LogP contribution < -0.4 is 14.9 Å². The molecule has 0 saturated carbocycles. The third-order valence-corrected chi connectivity index (χ3v) is 3.45. The van der Waals surface area contributed by atoms with Gasteiger partial charge in [0.2, 0.25) is 0 Å². The maximum absolute atomic E-state index is 11.8. The number of benzene rings is 2. The molecule has 130 valence electrons. The molecule has 0 radical (unpaired) electrons. The molecule has 5 nitrogen and oxygen atoms in total. The van der Waals surface area contributed by atoms with Crippen LogP contribution in [0.5, 0.6) is 11.5 Å². The summed E-state index contributed by atoms with van der Waals surface area (Å²) < 4.78 is 10.8. The van der Waals surface area contributed by atoms with E-state index in [2.05, 4.69) is 17.1 Å². The number of ether oxygens (including phenoxy) is 2. The lowest BCUT2D eigenvalue weighted by Crippen LogP contribution is -2.24. The van der Waals surface area contributed by atoms with E-state index in [1.807, 2.05) is 18.2 Å². The number of hydrogen-bond acceptors (Lipinski definition) is 4. The van der Waals surface area contributed by atoms with Gasteiger partial charge in [0.25, 0.3) is 5.91 Å². The van der Waals surface area contributed by atoms with Gasteiger partial charge in [-0.2, -0.15) is 5.10 Å². The zero-order chi connectivity index (χ0) is 18.1. The highest BCUT2D eigenvalue weighted by Crippen LogP contribution is 2.27. The number of rotatable bonds is 8. The van der Waals surface area contributed by atoms with Crippen molar-refractivity contribution < 1.29 is 14.3 Å². The Balaban J connectivity index is 1.87. The lowest BCUT2D eigenvalue weighted by molar-refractivity contribution is -0.123. The first kappa shape index (κ1) is 18.8. The van der Waals surface area contributed by atoms with Crippen LogP contribution in [-0.4, -0.2) is 25.3 Å². The molecule has 0 spiro atoms. The van der Waals surface area contributed by atoms with E-state index in [0.717, 1.165) is 5.56 Å². The lowest BCUT2D eigenvalue weighted by atomic mass is 10.2. The van der Waals surface area contributed by atoms with E-state index < -0.39 is 5.91 Å². The van der Waals surface area contributed by atoms with Crippen molar-refractivity contribution >= 4 is 35.3 Å². The number of nitrogens with one attached hydrogen (secondary N) is 1. The van der Waals surface area contributed by atoms with Crippen LogP contribution in [0.3, 0.4) is 0 Å². The Morgan fingerprint density at radius 2 is 1.96 bits per heavy atom. The predicted octanol–water partition coefficient (Wildman–Crippen LogP) is 4.09.